The highest BCUT2D eigenvalue weighted by molar-refractivity contribution is 7.79. The predicted molar refractivity (Wildman–Crippen MR) is 189 cm³/mol. The Labute approximate surface area is 286 Å². The van der Waals surface area contributed by atoms with E-state index in [1.165, 1.54) is 42.9 Å². The van der Waals surface area contributed by atoms with Crippen LogP contribution in [-0.4, -0.2) is 61.9 Å². The molecule has 4 aromatic carbocycles. The molecule has 1 aromatic heterocycles. The van der Waals surface area contributed by atoms with Crippen molar-refractivity contribution in [3.63, 3.8) is 0 Å². The SMILES string of the molecule is CN1C2CCC1CC(OC(c1ccccc1)c1ccccc1)C2.COc1cccc(-c2cc(=O)c3ccc(OC)cc3o2)c1.O=S(=O)(O)O. The molecule has 0 amide bonds. The smallest absolute Gasteiger partial charge is 0.394 e. The quantitative estimate of drug-likeness (QED) is 0.169. The standard InChI is InChI=1S/C21H25NO.C17H14O4.H2O4S/c1-22-18-12-13-19(22)15-20(14-18)23-21(16-8-4-2-5-9-16)17-10-6-3-7-11-17;1-19-12-5-3-4-11(8-12)16-10-15(18)14-7-6-13(20-2)9-17(14)21-16;1-5(2,3)4/h2-11,18-21H,12-15H2,1H3;3-10H,1-2H3;(H2,1,2,3,4). The number of benzene rings is 4. The number of piperidine rings is 1. The molecule has 258 valence electrons. The Morgan fingerprint density at radius 2 is 1.31 bits per heavy atom. The highest BCUT2D eigenvalue weighted by Gasteiger charge is 2.39. The molecule has 5 aromatic rings. The zero-order valence-corrected chi connectivity index (χ0v) is 28.5. The van der Waals surface area contributed by atoms with Gasteiger partial charge in [-0.1, -0.05) is 72.8 Å². The van der Waals surface area contributed by atoms with Gasteiger partial charge in [0.2, 0.25) is 0 Å². The molecule has 2 aliphatic heterocycles. The third-order valence-corrected chi connectivity index (χ3v) is 8.88. The molecule has 2 N–H and O–H groups in total. The first kappa shape index (κ1) is 35.8. The molecule has 2 unspecified atom stereocenters. The maximum atomic E-state index is 12.2. The van der Waals surface area contributed by atoms with Gasteiger partial charge < -0.3 is 23.5 Å². The molecule has 0 saturated carbocycles. The van der Waals surface area contributed by atoms with Crippen molar-refractivity contribution in [2.75, 3.05) is 21.3 Å². The summed E-state index contributed by atoms with van der Waals surface area (Å²) in [7, 11) is 0.788. The Bertz CT molecular complexity index is 1920. The number of methoxy groups -OCH3 is 2. The fourth-order valence-electron chi connectivity index (χ4n) is 6.45. The Hall–Kier alpha value is -4.52. The summed E-state index contributed by atoms with van der Waals surface area (Å²) in [6, 6.07) is 36.7. The molecule has 0 aliphatic carbocycles. The van der Waals surface area contributed by atoms with Crippen LogP contribution in [0.25, 0.3) is 22.3 Å². The van der Waals surface area contributed by atoms with Gasteiger partial charge in [-0.3, -0.25) is 13.9 Å². The molecular formula is C38H41NO9S. The average molecular weight is 688 g/mol. The van der Waals surface area contributed by atoms with Gasteiger partial charge in [0, 0.05) is 29.8 Å². The molecule has 2 fully saturated rings. The molecule has 49 heavy (non-hydrogen) atoms. The van der Waals surface area contributed by atoms with Crippen LogP contribution in [0.2, 0.25) is 0 Å². The van der Waals surface area contributed by atoms with E-state index < -0.39 is 10.4 Å². The fourth-order valence-corrected chi connectivity index (χ4v) is 6.45. The lowest BCUT2D eigenvalue weighted by atomic mass is 9.97. The highest BCUT2D eigenvalue weighted by Crippen LogP contribution is 2.38. The minimum absolute atomic E-state index is 0.0465. The fraction of sp³-hybridized carbons (Fsp3) is 0.289. The summed E-state index contributed by atoms with van der Waals surface area (Å²) in [6.45, 7) is 0. The second kappa shape index (κ2) is 16.3. The van der Waals surface area contributed by atoms with E-state index in [1.807, 2.05) is 24.3 Å². The molecule has 11 heteroatoms. The molecule has 10 nitrogen and oxygen atoms in total. The minimum Gasteiger partial charge on any atom is -0.497 e. The zero-order chi connectivity index (χ0) is 35.0. The second-order valence-electron chi connectivity index (χ2n) is 12.0. The molecule has 7 rings (SSSR count). The van der Waals surface area contributed by atoms with E-state index in [-0.39, 0.29) is 11.5 Å². The van der Waals surface area contributed by atoms with Crippen molar-refractivity contribution in [1.82, 2.24) is 4.90 Å². The van der Waals surface area contributed by atoms with Gasteiger partial charge in [-0.2, -0.15) is 8.42 Å². The van der Waals surface area contributed by atoms with E-state index in [9.17, 15) is 4.79 Å². The third kappa shape index (κ3) is 9.78. The maximum Gasteiger partial charge on any atom is 0.394 e. The lowest BCUT2D eigenvalue weighted by Gasteiger charge is -2.38. The summed E-state index contributed by atoms with van der Waals surface area (Å²) in [4.78, 5) is 14.8. The van der Waals surface area contributed by atoms with Gasteiger partial charge in [-0.25, -0.2) is 0 Å². The van der Waals surface area contributed by atoms with Gasteiger partial charge in [0.05, 0.1) is 25.7 Å². The van der Waals surface area contributed by atoms with Gasteiger partial charge in [-0.05, 0) is 68.1 Å². The zero-order valence-electron chi connectivity index (χ0n) is 27.6. The van der Waals surface area contributed by atoms with Crippen LogP contribution in [0.1, 0.15) is 42.9 Å². The number of fused-ring (bicyclic) bond motifs is 3. The maximum absolute atomic E-state index is 12.2. The van der Waals surface area contributed by atoms with Gasteiger partial charge >= 0.3 is 10.4 Å². The number of hydrogen-bond acceptors (Lipinski definition) is 8. The number of hydrogen-bond donors (Lipinski definition) is 2. The first-order chi connectivity index (χ1) is 23.5. The van der Waals surface area contributed by atoms with Crippen LogP contribution >= 0.6 is 0 Å². The topological polar surface area (TPSA) is 136 Å². The normalized spacial score (nSPS) is 18.6. The van der Waals surface area contributed by atoms with Crippen LogP contribution in [0, 0.1) is 0 Å². The van der Waals surface area contributed by atoms with Crippen LogP contribution < -0.4 is 14.9 Å². The molecule has 2 atom stereocenters. The van der Waals surface area contributed by atoms with E-state index in [1.54, 1.807) is 32.4 Å². The molecule has 0 radical (unpaired) electrons. The molecular weight excluding hydrogens is 646 g/mol. The third-order valence-electron chi connectivity index (χ3n) is 8.88. The van der Waals surface area contributed by atoms with E-state index in [0.29, 0.717) is 46.4 Å². The van der Waals surface area contributed by atoms with Crippen molar-refractivity contribution < 1.29 is 36.2 Å². The summed E-state index contributed by atoms with van der Waals surface area (Å²) in [5, 5.41) is 0.530. The van der Waals surface area contributed by atoms with Crippen LogP contribution in [0.5, 0.6) is 11.5 Å². The van der Waals surface area contributed by atoms with Crippen molar-refractivity contribution in [2.45, 2.75) is 50.0 Å². The summed E-state index contributed by atoms with van der Waals surface area (Å²) < 4.78 is 54.4. The Balaban J connectivity index is 0.000000169. The second-order valence-corrected chi connectivity index (χ2v) is 12.9. The summed E-state index contributed by atoms with van der Waals surface area (Å²) in [5.41, 5.74) is 3.71. The highest BCUT2D eigenvalue weighted by atomic mass is 32.3. The largest absolute Gasteiger partial charge is 0.497 e. The van der Waals surface area contributed by atoms with Gasteiger partial charge in [-0.15, -0.1) is 0 Å². The minimum atomic E-state index is -4.67. The van der Waals surface area contributed by atoms with Crippen LogP contribution in [0.3, 0.4) is 0 Å². The molecule has 0 spiro atoms. The number of rotatable bonds is 7. The molecule has 2 bridgehead atoms. The Morgan fingerprint density at radius 3 is 1.86 bits per heavy atom. The van der Waals surface area contributed by atoms with Crippen LogP contribution in [0.15, 0.2) is 118 Å². The van der Waals surface area contributed by atoms with Gasteiger partial charge in [0.25, 0.3) is 0 Å². The number of nitrogens with zero attached hydrogens (tertiary/aromatic N) is 1. The van der Waals surface area contributed by atoms with E-state index in [2.05, 4.69) is 72.6 Å². The summed E-state index contributed by atoms with van der Waals surface area (Å²) in [5.74, 6) is 1.86. The lowest BCUT2D eigenvalue weighted by Crippen LogP contribution is -2.43. The summed E-state index contributed by atoms with van der Waals surface area (Å²) in [6.07, 6.45) is 5.43. The lowest BCUT2D eigenvalue weighted by molar-refractivity contribution is -0.0426. The monoisotopic (exact) mass is 687 g/mol. The molecule has 2 aliphatic rings. The first-order valence-electron chi connectivity index (χ1n) is 16.0. The van der Waals surface area contributed by atoms with Crippen LogP contribution in [0.4, 0.5) is 0 Å². The van der Waals surface area contributed by atoms with Gasteiger partial charge in [0.15, 0.2) is 5.43 Å². The van der Waals surface area contributed by atoms with Crippen molar-refractivity contribution in [2.24, 2.45) is 0 Å². The molecule has 3 heterocycles. The van der Waals surface area contributed by atoms with Crippen molar-refractivity contribution >= 4 is 21.4 Å². The Morgan fingerprint density at radius 1 is 0.755 bits per heavy atom. The number of ether oxygens (including phenoxy) is 3. The molecule has 2 saturated heterocycles. The van der Waals surface area contributed by atoms with Gasteiger partial charge in [0.1, 0.15) is 28.9 Å². The van der Waals surface area contributed by atoms with Crippen molar-refractivity contribution in [3.8, 4) is 22.8 Å². The predicted octanol–water partition coefficient (Wildman–Crippen LogP) is 7.24. The first-order valence-corrected chi connectivity index (χ1v) is 17.4. The van der Waals surface area contributed by atoms with Crippen molar-refractivity contribution in [3.05, 3.63) is 131 Å². The van der Waals surface area contributed by atoms with E-state index in [0.717, 1.165) is 5.56 Å². The van der Waals surface area contributed by atoms with Crippen molar-refractivity contribution in [1.29, 1.82) is 0 Å². The Kier molecular flexibility index (Phi) is 11.9. The van der Waals surface area contributed by atoms with Crippen LogP contribution in [-0.2, 0) is 15.1 Å². The van der Waals surface area contributed by atoms with E-state index >= 15 is 0 Å². The average Bonchev–Trinajstić information content (AvgIpc) is 3.30. The summed E-state index contributed by atoms with van der Waals surface area (Å²) >= 11 is 0. The van der Waals surface area contributed by atoms with E-state index in [4.69, 9.17) is 36.2 Å².